The molecule has 0 atom stereocenters. The van der Waals surface area contributed by atoms with Gasteiger partial charge in [-0.15, -0.1) is 10.2 Å². The highest BCUT2D eigenvalue weighted by atomic mass is 32.2. The molecule has 7 nitrogen and oxygen atoms in total. The lowest BCUT2D eigenvalue weighted by atomic mass is 9.87. The summed E-state index contributed by atoms with van der Waals surface area (Å²) in [5.41, 5.74) is 6.87. The second-order valence-corrected chi connectivity index (χ2v) is 10.7. The first kappa shape index (κ1) is 27.1. The molecular formula is C30H33N5O2S. The number of hydrogen-bond acceptors (Lipinski definition) is 6. The lowest BCUT2D eigenvalue weighted by Crippen LogP contribution is -2.20. The molecule has 1 N–H and O–H groups in total. The molecule has 0 spiro atoms. The Bertz CT molecular complexity index is 1380. The minimum atomic E-state index is -0.218. The first-order valence-electron chi connectivity index (χ1n) is 12.6. The zero-order chi connectivity index (χ0) is 27.0. The Labute approximate surface area is 228 Å². The molecule has 0 unspecified atom stereocenters. The van der Waals surface area contributed by atoms with Gasteiger partial charge in [0.15, 0.2) is 11.0 Å². The Kier molecular flexibility index (Phi) is 8.97. The van der Waals surface area contributed by atoms with Crippen LogP contribution in [0.5, 0.6) is 5.75 Å². The predicted octanol–water partition coefficient (Wildman–Crippen LogP) is 6.08. The van der Waals surface area contributed by atoms with Gasteiger partial charge in [-0.1, -0.05) is 99.3 Å². The van der Waals surface area contributed by atoms with Crippen molar-refractivity contribution in [3.63, 3.8) is 0 Å². The first-order valence-corrected chi connectivity index (χ1v) is 13.6. The number of nitrogens with zero attached hydrogens (tertiary/aromatic N) is 4. The van der Waals surface area contributed by atoms with Gasteiger partial charge in [-0.25, -0.2) is 5.43 Å². The number of ether oxygens (including phenoxy) is 1. The summed E-state index contributed by atoms with van der Waals surface area (Å²) in [6, 6.07) is 26.0. The summed E-state index contributed by atoms with van der Waals surface area (Å²) < 4.78 is 7.88. The summed E-state index contributed by atoms with van der Waals surface area (Å²) in [6.45, 7) is 9.82. The van der Waals surface area contributed by atoms with E-state index in [1.54, 1.807) is 6.21 Å². The zero-order valence-corrected chi connectivity index (χ0v) is 23.0. The molecule has 38 heavy (non-hydrogen) atoms. The molecule has 0 fully saturated rings. The van der Waals surface area contributed by atoms with E-state index in [9.17, 15) is 4.79 Å². The molecule has 0 aliphatic carbocycles. The highest BCUT2D eigenvalue weighted by molar-refractivity contribution is 7.99. The van der Waals surface area contributed by atoms with Crippen molar-refractivity contribution in [2.45, 2.75) is 51.4 Å². The van der Waals surface area contributed by atoms with Crippen molar-refractivity contribution in [2.24, 2.45) is 5.10 Å². The second kappa shape index (κ2) is 12.6. The number of amides is 1. The van der Waals surface area contributed by atoms with Crippen molar-refractivity contribution in [3.8, 4) is 17.1 Å². The minimum absolute atomic E-state index is 0.0900. The van der Waals surface area contributed by atoms with Gasteiger partial charge < -0.3 is 9.30 Å². The molecule has 4 aromatic rings. The Balaban J connectivity index is 1.30. The molecule has 8 heteroatoms. The summed E-state index contributed by atoms with van der Waals surface area (Å²) >= 11 is 1.34. The van der Waals surface area contributed by atoms with Crippen LogP contribution in [0.1, 0.15) is 44.4 Å². The van der Waals surface area contributed by atoms with Crippen LogP contribution in [0.15, 0.2) is 89.1 Å². The summed E-state index contributed by atoms with van der Waals surface area (Å²) in [6.07, 6.45) is 1.60. The molecule has 0 aliphatic rings. The van der Waals surface area contributed by atoms with Crippen LogP contribution in [0.4, 0.5) is 0 Å². The Morgan fingerprint density at radius 1 is 1.03 bits per heavy atom. The van der Waals surface area contributed by atoms with Crippen LogP contribution in [0.25, 0.3) is 11.4 Å². The van der Waals surface area contributed by atoms with E-state index in [-0.39, 0.29) is 17.1 Å². The van der Waals surface area contributed by atoms with Gasteiger partial charge in [0.25, 0.3) is 5.91 Å². The van der Waals surface area contributed by atoms with Crippen LogP contribution >= 0.6 is 11.8 Å². The van der Waals surface area contributed by atoms with E-state index in [1.807, 2.05) is 66.1 Å². The highest BCUT2D eigenvalue weighted by Crippen LogP contribution is 2.27. The molecule has 196 valence electrons. The predicted molar refractivity (Wildman–Crippen MR) is 154 cm³/mol. The Morgan fingerprint density at radius 2 is 1.79 bits per heavy atom. The van der Waals surface area contributed by atoms with Crippen LogP contribution < -0.4 is 10.2 Å². The number of aromatic nitrogens is 3. The fraction of sp³-hybridized carbons (Fsp3) is 0.267. The molecule has 0 saturated heterocycles. The summed E-state index contributed by atoms with van der Waals surface area (Å²) in [4.78, 5) is 12.4. The van der Waals surface area contributed by atoms with E-state index in [0.29, 0.717) is 18.3 Å². The topological polar surface area (TPSA) is 81.4 Å². The number of rotatable bonds is 10. The minimum Gasteiger partial charge on any atom is -0.489 e. The van der Waals surface area contributed by atoms with Gasteiger partial charge in [0, 0.05) is 12.1 Å². The number of hydrogen-bond donors (Lipinski definition) is 1. The second-order valence-electron chi connectivity index (χ2n) is 9.81. The fourth-order valence-electron chi connectivity index (χ4n) is 3.78. The smallest absolute Gasteiger partial charge is 0.250 e. The van der Waals surface area contributed by atoms with Gasteiger partial charge in [0.1, 0.15) is 12.4 Å². The van der Waals surface area contributed by atoms with Gasteiger partial charge in [-0.05, 0) is 41.2 Å². The maximum atomic E-state index is 12.4. The third kappa shape index (κ3) is 7.32. The zero-order valence-electron chi connectivity index (χ0n) is 22.2. The van der Waals surface area contributed by atoms with Crippen LogP contribution in [0, 0.1) is 0 Å². The molecule has 0 saturated carbocycles. The van der Waals surface area contributed by atoms with Crippen molar-refractivity contribution < 1.29 is 9.53 Å². The van der Waals surface area contributed by atoms with E-state index in [2.05, 4.69) is 65.8 Å². The summed E-state index contributed by atoms with van der Waals surface area (Å²) in [5, 5.41) is 13.5. The maximum absolute atomic E-state index is 12.4. The van der Waals surface area contributed by atoms with Crippen LogP contribution in [0.3, 0.4) is 0 Å². The van der Waals surface area contributed by atoms with Gasteiger partial charge in [0.05, 0.1) is 12.0 Å². The van der Waals surface area contributed by atoms with Crippen molar-refractivity contribution >= 4 is 23.9 Å². The van der Waals surface area contributed by atoms with Crippen molar-refractivity contribution in [2.75, 3.05) is 5.75 Å². The Hall–Kier alpha value is -3.91. The molecule has 0 aliphatic heterocycles. The number of carbonyl (C=O) groups is 1. The van der Waals surface area contributed by atoms with Gasteiger partial charge in [-0.3, -0.25) is 4.79 Å². The third-order valence-corrected chi connectivity index (χ3v) is 6.85. The van der Waals surface area contributed by atoms with Crippen molar-refractivity contribution in [1.29, 1.82) is 0 Å². The number of benzene rings is 3. The number of hydrazone groups is 1. The van der Waals surface area contributed by atoms with Crippen LogP contribution in [-0.4, -0.2) is 32.6 Å². The lowest BCUT2D eigenvalue weighted by molar-refractivity contribution is -0.118. The first-order chi connectivity index (χ1) is 18.3. The Morgan fingerprint density at radius 3 is 2.50 bits per heavy atom. The van der Waals surface area contributed by atoms with Crippen molar-refractivity contribution in [1.82, 2.24) is 20.2 Å². The third-order valence-electron chi connectivity index (χ3n) is 5.88. The molecule has 0 radical (unpaired) electrons. The van der Waals surface area contributed by atoms with Gasteiger partial charge >= 0.3 is 0 Å². The highest BCUT2D eigenvalue weighted by Gasteiger charge is 2.17. The fourth-order valence-corrected chi connectivity index (χ4v) is 4.57. The maximum Gasteiger partial charge on any atom is 0.250 e. The van der Waals surface area contributed by atoms with Gasteiger partial charge in [0.2, 0.25) is 0 Å². The number of nitrogens with one attached hydrogen (secondary N) is 1. The number of carbonyl (C=O) groups excluding carboxylic acids is 1. The average molecular weight is 528 g/mol. The number of thioether (sulfide) groups is 1. The molecule has 1 amide bonds. The van der Waals surface area contributed by atoms with Gasteiger partial charge in [-0.2, -0.15) is 5.10 Å². The van der Waals surface area contributed by atoms with Crippen LogP contribution in [0.2, 0.25) is 0 Å². The van der Waals surface area contributed by atoms with E-state index in [1.165, 1.54) is 17.3 Å². The normalized spacial score (nSPS) is 11.6. The monoisotopic (exact) mass is 527 g/mol. The summed E-state index contributed by atoms with van der Waals surface area (Å²) in [7, 11) is 0. The molecule has 1 aromatic heterocycles. The summed E-state index contributed by atoms with van der Waals surface area (Å²) in [5.74, 6) is 1.49. The molecule has 4 rings (SSSR count). The largest absolute Gasteiger partial charge is 0.489 e. The molecule has 3 aromatic carbocycles. The molecule has 0 bridgehead atoms. The quantitative estimate of drug-likeness (QED) is 0.153. The van der Waals surface area contributed by atoms with E-state index in [0.717, 1.165) is 28.3 Å². The SMILES string of the molecule is CCn1c(SCC(=O)NN=Cc2cccc(OCc3ccccc3)c2)nnc1-c1ccc(C(C)(C)C)cc1. The average Bonchev–Trinajstić information content (AvgIpc) is 3.34. The van der Waals surface area contributed by atoms with E-state index in [4.69, 9.17) is 4.74 Å². The lowest BCUT2D eigenvalue weighted by Gasteiger charge is -2.19. The molecular weight excluding hydrogens is 494 g/mol. The molecule has 1 heterocycles. The van der Waals surface area contributed by atoms with Crippen molar-refractivity contribution in [3.05, 3.63) is 95.6 Å². The van der Waals surface area contributed by atoms with E-state index >= 15 is 0 Å². The van der Waals surface area contributed by atoms with Crippen LogP contribution in [-0.2, 0) is 23.4 Å². The van der Waals surface area contributed by atoms with E-state index < -0.39 is 0 Å². The standard InChI is InChI=1S/C30H33N5O2S/c1-5-35-28(24-14-16-25(17-15-24)30(2,3)4)33-34-29(35)38-21-27(36)32-31-19-23-12-9-13-26(18-23)37-20-22-10-7-6-8-11-22/h6-19H,5,20-21H2,1-4H3,(H,32,36).